The molecular weight excluding hydrogens is 242 g/mol. The van der Waals surface area contributed by atoms with Crippen LogP contribution in [0, 0.1) is 0 Å². The minimum absolute atomic E-state index is 0.0760. The average Bonchev–Trinajstić information content (AvgIpc) is 2.28. The molecule has 0 saturated carbocycles. The van der Waals surface area contributed by atoms with E-state index in [0.717, 1.165) is 6.42 Å². The molecule has 6 heteroatoms. The molecule has 0 aromatic heterocycles. The van der Waals surface area contributed by atoms with Gasteiger partial charge in [0.1, 0.15) is 12.4 Å². The summed E-state index contributed by atoms with van der Waals surface area (Å²) >= 11 is 0. The number of benzene rings is 1. The van der Waals surface area contributed by atoms with E-state index in [9.17, 15) is 8.42 Å². The van der Waals surface area contributed by atoms with Gasteiger partial charge in [0.05, 0.1) is 11.5 Å². The predicted molar refractivity (Wildman–Crippen MR) is 64.4 cm³/mol. The number of sulfonamides is 1. The van der Waals surface area contributed by atoms with Crippen molar-refractivity contribution in [1.82, 2.24) is 0 Å². The highest BCUT2D eigenvalue weighted by atomic mass is 32.2. The van der Waals surface area contributed by atoms with Gasteiger partial charge in [0.2, 0.25) is 10.0 Å². The van der Waals surface area contributed by atoms with Crippen molar-refractivity contribution in [2.45, 2.75) is 18.2 Å². The van der Waals surface area contributed by atoms with Crippen LogP contribution in [0.1, 0.15) is 13.3 Å². The van der Waals surface area contributed by atoms with Crippen LogP contribution in [0.15, 0.2) is 29.2 Å². The summed E-state index contributed by atoms with van der Waals surface area (Å²) in [6.45, 7) is 3.71. The second-order valence-electron chi connectivity index (χ2n) is 3.48. The molecule has 2 N–H and O–H groups in total. The number of ether oxygens (including phenoxy) is 2. The smallest absolute Gasteiger partial charge is 0.238 e. The summed E-state index contributed by atoms with van der Waals surface area (Å²) in [5, 5.41) is 4.97. The monoisotopic (exact) mass is 259 g/mol. The molecule has 17 heavy (non-hydrogen) atoms. The molecular formula is C11H17NO4S. The summed E-state index contributed by atoms with van der Waals surface area (Å²) in [5.74, 6) is 0.595. The molecule has 0 fully saturated rings. The molecule has 1 rings (SSSR count). The standard InChI is InChI=1S/C11H17NO4S/c1-2-7-15-8-9-16-10-3-5-11(6-4-10)17(12,13)14/h3-6H,2,7-9H2,1H3,(H2,12,13,14). The molecule has 0 aliphatic rings. The number of nitrogens with two attached hydrogens (primary N) is 1. The van der Waals surface area contributed by atoms with Gasteiger partial charge in [-0.15, -0.1) is 0 Å². The van der Waals surface area contributed by atoms with Gasteiger partial charge in [-0.25, -0.2) is 13.6 Å². The minimum Gasteiger partial charge on any atom is -0.491 e. The van der Waals surface area contributed by atoms with E-state index in [1.165, 1.54) is 12.1 Å². The van der Waals surface area contributed by atoms with Crippen LogP contribution >= 0.6 is 0 Å². The van der Waals surface area contributed by atoms with Crippen LogP contribution < -0.4 is 9.88 Å². The Kier molecular flexibility index (Phi) is 5.40. The molecule has 5 nitrogen and oxygen atoms in total. The zero-order chi connectivity index (χ0) is 12.7. The average molecular weight is 259 g/mol. The van der Waals surface area contributed by atoms with E-state index in [-0.39, 0.29) is 4.90 Å². The van der Waals surface area contributed by atoms with Crippen molar-refractivity contribution in [3.05, 3.63) is 24.3 Å². The van der Waals surface area contributed by atoms with Crippen LogP contribution in [-0.2, 0) is 14.8 Å². The van der Waals surface area contributed by atoms with Gasteiger partial charge in [0.25, 0.3) is 0 Å². The topological polar surface area (TPSA) is 78.6 Å². The molecule has 1 aromatic rings. The SMILES string of the molecule is CCCOCCOc1ccc(S(N)(=O)=O)cc1. The molecule has 0 aliphatic carbocycles. The largest absolute Gasteiger partial charge is 0.491 e. The van der Waals surface area contributed by atoms with Crippen molar-refractivity contribution in [3.8, 4) is 5.75 Å². The maximum absolute atomic E-state index is 11.0. The molecule has 1 aromatic carbocycles. The molecule has 0 saturated heterocycles. The Morgan fingerprint density at radius 1 is 1.12 bits per heavy atom. The van der Waals surface area contributed by atoms with Gasteiger partial charge >= 0.3 is 0 Å². The molecule has 0 aliphatic heterocycles. The summed E-state index contributed by atoms with van der Waals surface area (Å²) in [6.07, 6.45) is 0.975. The Balaban J connectivity index is 2.41. The van der Waals surface area contributed by atoms with E-state index in [1.807, 2.05) is 6.92 Å². The zero-order valence-electron chi connectivity index (χ0n) is 9.76. The Morgan fingerprint density at radius 2 is 1.76 bits per heavy atom. The van der Waals surface area contributed by atoms with E-state index >= 15 is 0 Å². The highest BCUT2D eigenvalue weighted by Crippen LogP contribution is 2.14. The Labute approximate surface area is 102 Å². The second-order valence-corrected chi connectivity index (χ2v) is 5.04. The zero-order valence-corrected chi connectivity index (χ0v) is 10.6. The molecule has 0 unspecified atom stereocenters. The fraction of sp³-hybridized carbons (Fsp3) is 0.455. The third-order valence-electron chi connectivity index (χ3n) is 2.00. The Hall–Kier alpha value is -1.11. The Morgan fingerprint density at radius 3 is 2.29 bits per heavy atom. The molecule has 0 heterocycles. The van der Waals surface area contributed by atoms with Gasteiger partial charge in [-0.1, -0.05) is 6.92 Å². The summed E-state index contributed by atoms with van der Waals surface area (Å²) in [4.78, 5) is 0.0760. The van der Waals surface area contributed by atoms with E-state index in [0.29, 0.717) is 25.6 Å². The van der Waals surface area contributed by atoms with E-state index in [1.54, 1.807) is 12.1 Å². The van der Waals surface area contributed by atoms with E-state index < -0.39 is 10.0 Å². The van der Waals surface area contributed by atoms with Crippen LogP contribution in [0.5, 0.6) is 5.75 Å². The first-order chi connectivity index (χ1) is 8.04. The summed E-state index contributed by atoms with van der Waals surface area (Å²) in [5.41, 5.74) is 0. The molecule has 0 amide bonds. The lowest BCUT2D eigenvalue weighted by Crippen LogP contribution is -2.12. The third kappa shape index (κ3) is 5.16. The predicted octanol–water partition coefficient (Wildman–Crippen LogP) is 1.14. The number of hydrogen-bond acceptors (Lipinski definition) is 4. The molecule has 0 spiro atoms. The van der Waals surface area contributed by atoms with Crippen molar-refractivity contribution in [2.24, 2.45) is 5.14 Å². The van der Waals surface area contributed by atoms with Crippen molar-refractivity contribution < 1.29 is 17.9 Å². The summed E-state index contributed by atoms with van der Waals surface area (Å²) in [7, 11) is -3.63. The number of rotatable bonds is 7. The lowest BCUT2D eigenvalue weighted by molar-refractivity contribution is 0.101. The number of hydrogen-bond donors (Lipinski definition) is 1. The lowest BCUT2D eigenvalue weighted by Gasteiger charge is -2.07. The van der Waals surface area contributed by atoms with Crippen LogP contribution in [-0.4, -0.2) is 28.2 Å². The normalized spacial score (nSPS) is 11.4. The first-order valence-corrected chi connectivity index (χ1v) is 6.92. The van der Waals surface area contributed by atoms with Gasteiger partial charge in [-0.3, -0.25) is 0 Å². The molecule has 0 bridgehead atoms. The number of primary sulfonamides is 1. The van der Waals surface area contributed by atoms with Gasteiger partial charge in [-0.2, -0.15) is 0 Å². The van der Waals surface area contributed by atoms with E-state index in [4.69, 9.17) is 14.6 Å². The first kappa shape index (κ1) is 14.0. The second kappa shape index (κ2) is 6.58. The van der Waals surface area contributed by atoms with Crippen molar-refractivity contribution in [3.63, 3.8) is 0 Å². The van der Waals surface area contributed by atoms with Gasteiger partial charge < -0.3 is 9.47 Å². The van der Waals surface area contributed by atoms with Gasteiger partial charge in [-0.05, 0) is 30.7 Å². The fourth-order valence-corrected chi connectivity index (χ4v) is 1.71. The molecule has 0 radical (unpaired) electrons. The minimum atomic E-state index is -3.63. The Bertz CT molecular complexity index is 427. The van der Waals surface area contributed by atoms with Crippen LogP contribution in [0.3, 0.4) is 0 Å². The van der Waals surface area contributed by atoms with Crippen molar-refractivity contribution in [1.29, 1.82) is 0 Å². The highest BCUT2D eigenvalue weighted by molar-refractivity contribution is 7.89. The lowest BCUT2D eigenvalue weighted by atomic mass is 10.3. The molecule has 0 atom stereocenters. The molecule has 96 valence electrons. The van der Waals surface area contributed by atoms with Crippen LogP contribution in [0.25, 0.3) is 0 Å². The third-order valence-corrected chi connectivity index (χ3v) is 2.93. The van der Waals surface area contributed by atoms with Crippen molar-refractivity contribution >= 4 is 10.0 Å². The van der Waals surface area contributed by atoms with Gasteiger partial charge in [0, 0.05) is 6.61 Å². The van der Waals surface area contributed by atoms with Crippen molar-refractivity contribution in [2.75, 3.05) is 19.8 Å². The maximum atomic E-state index is 11.0. The van der Waals surface area contributed by atoms with E-state index in [2.05, 4.69) is 0 Å². The maximum Gasteiger partial charge on any atom is 0.238 e. The summed E-state index contributed by atoms with van der Waals surface area (Å²) < 4.78 is 32.6. The fourth-order valence-electron chi connectivity index (χ4n) is 1.19. The van der Waals surface area contributed by atoms with Crippen LogP contribution in [0.2, 0.25) is 0 Å². The first-order valence-electron chi connectivity index (χ1n) is 5.37. The summed E-state index contributed by atoms with van der Waals surface area (Å²) in [6, 6.07) is 5.97. The van der Waals surface area contributed by atoms with Gasteiger partial charge in [0.15, 0.2) is 0 Å². The van der Waals surface area contributed by atoms with Crippen LogP contribution in [0.4, 0.5) is 0 Å². The quantitative estimate of drug-likeness (QED) is 0.745. The highest BCUT2D eigenvalue weighted by Gasteiger charge is 2.06.